The van der Waals surface area contributed by atoms with Crippen molar-refractivity contribution >= 4 is 23.8 Å². The largest absolute Gasteiger partial charge is 0.505 e. The van der Waals surface area contributed by atoms with Crippen molar-refractivity contribution in [1.82, 2.24) is 9.78 Å². The van der Waals surface area contributed by atoms with Crippen molar-refractivity contribution in [3.8, 4) is 11.4 Å². The van der Waals surface area contributed by atoms with E-state index in [1.807, 2.05) is 24.4 Å². The summed E-state index contributed by atoms with van der Waals surface area (Å²) >= 11 is 6.11. The van der Waals surface area contributed by atoms with Gasteiger partial charge in [0.05, 0.1) is 5.69 Å². The first-order valence-corrected chi connectivity index (χ1v) is 8.12. The van der Waals surface area contributed by atoms with E-state index in [4.69, 9.17) is 11.6 Å². The zero-order valence-corrected chi connectivity index (χ0v) is 14.5. The number of nitrogens with zero attached hydrogens (tertiary/aromatic N) is 2. The Hall–Kier alpha value is -2.00. The smallest absolute Gasteiger partial charge is 0.145 e. The van der Waals surface area contributed by atoms with Crippen LogP contribution in [0.5, 0.6) is 5.75 Å². The van der Waals surface area contributed by atoms with Gasteiger partial charge in [0.15, 0.2) is 0 Å². The van der Waals surface area contributed by atoms with Gasteiger partial charge in [-0.3, -0.25) is 0 Å². The van der Waals surface area contributed by atoms with Crippen LogP contribution in [0, 0.1) is 0 Å². The minimum atomic E-state index is -0.173. The third kappa shape index (κ3) is 2.93. The molecule has 0 amide bonds. The molecule has 0 radical (unpaired) electrons. The Labute approximate surface area is 141 Å². The predicted molar refractivity (Wildman–Crippen MR) is 96.2 cm³/mol. The summed E-state index contributed by atoms with van der Waals surface area (Å²) in [5, 5.41) is 16.2. The zero-order valence-electron chi connectivity index (χ0n) is 13.7. The van der Waals surface area contributed by atoms with Gasteiger partial charge in [0.1, 0.15) is 11.4 Å². The van der Waals surface area contributed by atoms with Crippen LogP contribution in [0.15, 0.2) is 29.9 Å². The molecule has 3 rings (SSSR count). The summed E-state index contributed by atoms with van der Waals surface area (Å²) in [5.41, 5.74) is 4.37. The minimum Gasteiger partial charge on any atom is -0.505 e. The van der Waals surface area contributed by atoms with Crippen molar-refractivity contribution in [1.29, 1.82) is 0 Å². The molecule has 1 aliphatic carbocycles. The normalized spacial score (nSPS) is 14.3. The fraction of sp³-hybridized carbons (Fsp3) is 0.316. The van der Waals surface area contributed by atoms with Crippen molar-refractivity contribution in [2.75, 3.05) is 0 Å². The molecule has 0 atom stereocenters. The number of phenolic OH excluding ortho intramolecular Hbond substituents is 1. The average Bonchev–Trinajstić information content (AvgIpc) is 2.89. The molecule has 0 spiro atoms. The maximum Gasteiger partial charge on any atom is 0.145 e. The highest BCUT2D eigenvalue weighted by Crippen LogP contribution is 2.37. The van der Waals surface area contributed by atoms with Crippen LogP contribution in [0.3, 0.4) is 0 Å². The monoisotopic (exact) mass is 328 g/mol. The highest BCUT2D eigenvalue weighted by Gasteiger charge is 2.23. The van der Waals surface area contributed by atoms with Gasteiger partial charge in [0, 0.05) is 16.8 Å². The Morgan fingerprint density at radius 2 is 2.04 bits per heavy atom. The van der Waals surface area contributed by atoms with Crippen LogP contribution in [0.25, 0.3) is 17.8 Å². The van der Waals surface area contributed by atoms with E-state index in [0.717, 1.165) is 40.3 Å². The van der Waals surface area contributed by atoms with Gasteiger partial charge in [-0.05, 0) is 47.6 Å². The van der Waals surface area contributed by atoms with E-state index >= 15 is 0 Å². The summed E-state index contributed by atoms with van der Waals surface area (Å²) in [5.74, 6) is 0.262. The average molecular weight is 329 g/mol. The molecule has 0 bridgehead atoms. The maximum absolute atomic E-state index is 10.8. The number of aromatic hydroxyl groups is 1. The number of fused-ring (bicyclic) bond motifs is 1. The molecule has 23 heavy (non-hydrogen) atoms. The lowest BCUT2D eigenvalue weighted by atomic mass is 9.85. The molecule has 0 unspecified atom stereocenters. The van der Waals surface area contributed by atoms with Crippen LogP contribution >= 0.6 is 11.6 Å². The first-order chi connectivity index (χ1) is 10.8. The Kier molecular flexibility index (Phi) is 3.85. The Morgan fingerprint density at radius 1 is 1.30 bits per heavy atom. The molecule has 1 N–H and O–H groups in total. The second kappa shape index (κ2) is 5.57. The quantitative estimate of drug-likeness (QED) is 0.838. The topological polar surface area (TPSA) is 38.0 Å². The number of rotatable bonds is 2. The lowest BCUT2D eigenvalue weighted by Gasteiger charge is -2.22. The molecule has 2 aromatic rings. The van der Waals surface area contributed by atoms with Crippen molar-refractivity contribution < 1.29 is 5.11 Å². The second-order valence-corrected chi connectivity index (χ2v) is 7.45. The molecule has 0 aliphatic heterocycles. The number of halogens is 1. The number of aromatic nitrogens is 2. The van der Waals surface area contributed by atoms with Crippen molar-refractivity contribution in [2.24, 2.45) is 0 Å². The standard InChI is InChI=1S/C19H21ClN2O/c1-5-12-8-15(19(2,3)4)18(23)17(9-12)22-11-13-6-7-14(20)10-16(13)21-22/h5,8-11,23H,1,6-7H2,2-4H3. The number of benzene rings is 1. The molecule has 1 aromatic carbocycles. The van der Waals surface area contributed by atoms with Crippen LogP contribution in [0.4, 0.5) is 0 Å². The van der Waals surface area contributed by atoms with Gasteiger partial charge in [-0.25, -0.2) is 4.68 Å². The minimum absolute atomic E-state index is 0.173. The highest BCUT2D eigenvalue weighted by molar-refractivity contribution is 6.31. The van der Waals surface area contributed by atoms with Crippen LogP contribution < -0.4 is 0 Å². The van der Waals surface area contributed by atoms with Gasteiger partial charge >= 0.3 is 0 Å². The van der Waals surface area contributed by atoms with Gasteiger partial charge in [0.25, 0.3) is 0 Å². The predicted octanol–water partition coefficient (Wildman–Crippen LogP) is 5.04. The van der Waals surface area contributed by atoms with E-state index in [1.54, 1.807) is 10.8 Å². The van der Waals surface area contributed by atoms with E-state index in [2.05, 4.69) is 32.4 Å². The molecule has 1 aromatic heterocycles. The van der Waals surface area contributed by atoms with Crippen LogP contribution in [0.2, 0.25) is 0 Å². The van der Waals surface area contributed by atoms with E-state index < -0.39 is 0 Å². The fourth-order valence-electron chi connectivity index (χ4n) is 2.84. The number of hydrogen-bond acceptors (Lipinski definition) is 2. The van der Waals surface area contributed by atoms with Crippen molar-refractivity contribution in [3.63, 3.8) is 0 Å². The second-order valence-electron chi connectivity index (χ2n) is 6.97. The summed E-state index contributed by atoms with van der Waals surface area (Å²) in [6, 6.07) is 3.88. The van der Waals surface area contributed by atoms with Crippen LogP contribution in [0.1, 0.15) is 49.6 Å². The van der Waals surface area contributed by atoms with Gasteiger partial charge < -0.3 is 5.11 Å². The van der Waals surface area contributed by atoms with Crippen LogP contribution in [-0.2, 0) is 11.8 Å². The molecule has 3 nitrogen and oxygen atoms in total. The molecule has 0 fully saturated rings. The number of hydrogen-bond donors (Lipinski definition) is 1. The van der Waals surface area contributed by atoms with Gasteiger partial charge in [-0.1, -0.05) is 45.0 Å². The molecular formula is C19H21ClN2O. The Bertz CT molecular complexity index is 810. The molecule has 0 saturated heterocycles. The van der Waals surface area contributed by atoms with Gasteiger partial charge in [-0.15, -0.1) is 0 Å². The summed E-state index contributed by atoms with van der Waals surface area (Å²) in [4.78, 5) is 0. The molecule has 4 heteroatoms. The SMILES string of the molecule is C=Cc1cc(-n2cc3c(n2)C=C(Cl)CC3)c(O)c(C(C)(C)C)c1. The fourth-order valence-corrected chi connectivity index (χ4v) is 3.04. The Balaban J connectivity index is 2.19. The molecular weight excluding hydrogens is 308 g/mol. The molecule has 120 valence electrons. The summed E-state index contributed by atoms with van der Waals surface area (Å²) in [6.07, 6.45) is 7.38. The summed E-state index contributed by atoms with van der Waals surface area (Å²) < 4.78 is 1.74. The summed E-state index contributed by atoms with van der Waals surface area (Å²) in [6.45, 7) is 10.1. The first kappa shape index (κ1) is 15.9. The third-order valence-electron chi connectivity index (χ3n) is 4.15. The number of aryl methyl sites for hydroxylation is 1. The lowest BCUT2D eigenvalue weighted by Crippen LogP contribution is -2.13. The highest BCUT2D eigenvalue weighted by atomic mass is 35.5. The van der Waals surface area contributed by atoms with Crippen LogP contribution in [-0.4, -0.2) is 14.9 Å². The first-order valence-electron chi connectivity index (χ1n) is 7.74. The molecule has 1 aliphatic rings. The van der Waals surface area contributed by atoms with E-state index in [1.165, 1.54) is 0 Å². The van der Waals surface area contributed by atoms with E-state index in [-0.39, 0.29) is 11.2 Å². The number of allylic oxidation sites excluding steroid dienone is 1. The van der Waals surface area contributed by atoms with E-state index in [9.17, 15) is 5.11 Å². The maximum atomic E-state index is 10.8. The Morgan fingerprint density at radius 3 is 2.70 bits per heavy atom. The lowest BCUT2D eigenvalue weighted by molar-refractivity contribution is 0.442. The number of phenols is 1. The third-order valence-corrected chi connectivity index (χ3v) is 4.45. The van der Waals surface area contributed by atoms with Crippen molar-refractivity contribution in [3.05, 3.63) is 52.3 Å². The van der Waals surface area contributed by atoms with Gasteiger partial charge in [-0.2, -0.15) is 5.10 Å². The summed E-state index contributed by atoms with van der Waals surface area (Å²) in [7, 11) is 0. The molecule has 0 saturated carbocycles. The molecule has 1 heterocycles. The van der Waals surface area contributed by atoms with Gasteiger partial charge in [0.2, 0.25) is 0 Å². The zero-order chi connectivity index (χ0) is 16.8. The van der Waals surface area contributed by atoms with Crippen molar-refractivity contribution in [2.45, 2.75) is 39.0 Å². The van der Waals surface area contributed by atoms with E-state index in [0.29, 0.717) is 5.69 Å².